The van der Waals surface area contributed by atoms with E-state index in [1.807, 2.05) is 37.3 Å². The molecule has 1 amide bonds. The van der Waals surface area contributed by atoms with E-state index in [0.29, 0.717) is 17.7 Å². The van der Waals surface area contributed by atoms with Crippen molar-refractivity contribution >= 4 is 5.91 Å². The summed E-state index contributed by atoms with van der Waals surface area (Å²) in [6.07, 6.45) is 2.40. The zero-order chi connectivity index (χ0) is 14.5. The van der Waals surface area contributed by atoms with Crippen molar-refractivity contribution in [3.8, 4) is 5.69 Å². The van der Waals surface area contributed by atoms with Crippen LogP contribution in [0.25, 0.3) is 5.69 Å². The average Bonchev–Trinajstić information content (AvgIpc) is 2.87. The van der Waals surface area contributed by atoms with E-state index in [1.54, 1.807) is 17.8 Å². The summed E-state index contributed by atoms with van der Waals surface area (Å²) < 4.78 is 1.68. The lowest BCUT2D eigenvalue weighted by Gasteiger charge is -2.13. The fraction of sp³-hybridized carbons (Fsp3) is 0.333. The molecule has 1 atom stereocenters. The highest BCUT2D eigenvalue weighted by Crippen LogP contribution is 2.12. The van der Waals surface area contributed by atoms with E-state index in [9.17, 15) is 4.79 Å². The van der Waals surface area contributed by atoms with Gasteiger partial charge in [-0.25, -0.2) is 4.68 Å². The molecule has 20 heavy (non-hydrogen) atoms. The number of aliphatic hydroxyl groups excluding tert-OH is 1. The van der Waals surface area contributed by atoms with Gasteiger partial charge in [0.25, 0.3) is 5.91 Å². The second-order valence-electron chi connectivity index (χ2n) is 4.67. The van der Waals surface area contributed by atoms with Crippen molar-refractivity contribution in [3.05, 3.63) is 47.8 Å². The van der Waals surface area contributed by atoms with Crippen molar-refractivity contribution in [2.24, 2.45) is 0 Å². The molecule has 0 aliphatic carbocycles. The summed E-state index contributed by atoms with van der Waals surface area (Å²) in [6, 6.07) is 9.41. The van der Waals surface area contributed by atoms with E-state index in [2.05, 4.69) is 10.4 Å². The number of carbonyl (C=O) groups is 1. The second kappa shape index (κ2) is 6.34. The molecule has 0 aliphatic rings. The van der Waals surface area contributed by atoms with Crippen LogP contribution >= 0.6 is 0 Å². The van der Waals surface area contributed by atoms with Gasteiger partial charge in [0.15, 0.2) is 0 Å². The fourth-order valence-corrected chi connectivity index (χ4v) is 1.94. The molecule has 2 rings (SSSR count). The van der Waals surface area contributed by atoms with E-state index < -0.39 is 0 Å². The summed E-state index contributed by atoms with van der Waals surface area (Å²) in [5.41, 5.74) is 2.10. The topological polar surface area (TPSA) is 67.2 Å². The fourth-order valence-electron chi connectivity index (χ4n) is 1.94. The second-order valence-corrected chi connectivity index (χ2v) is 4.67. The number of hydrogen-bond donors (Lipinski definition) is 2. The molecule has 106 valence electrons. The summed E-state index contributed by atoms with van der Waals surface area (Å²) in [5.74, 6) is -0.203. The van der Waals surface area contributed by atoms with E-state index in [0.717, 1.165) is 5.69 Å². The van der Waals surface area contributed by atoms with Crippen LogP contribution in [0.5, 0.6) is 0 Å². The number of carbonyl (C=O) groups excluding carboxylic acids is 1. The van der Waals surface area contributed by atoms with Crippen molar-refractivity contribution < 1.29 is 9.90 Å². The van der Waals surface area contributed by atoms with Gasteiger partial charge in [-0.2, -0.15) is 5.10 Å². The van der Waals surface area contributed by atoms with Crippen LogP contribution in [-0.4, -0.2) is 33.4 Å². The number of rotatable bonds is 5. The molecular weight excluding hydrogens is 254 g/mol. The molecular formula is C15H19N3O2. The first-order valence-corrected chi connectivity index (χ1v) is 6.69. The molecule has 1 heterocycles. The van der Waals surface area contributed by atoms with E-state index in [1.165, 1.54) is 0 Å². The van der Waals surface area contributed by atoms with E-state index in [4.69, 9.17) is 5.11 Å². The van der Waals surface area contributed by atoms with Gasteiger partial charge in [-0.15, -0.1) is 0 Å². The molecule has 1 aromatic carbocycles. The number of aromatic nitrogens is 2. The first-order valence-electron chi connectivity index (χ1n) is 6.69. The van der Waals surface area contributed by atoms with E-state index in [-0.39, 0.29) is 18.6 Å². The van der Waals surface area contributed by atoms with Gasteiger partial charge >= 0.3 is 0 Å². The summed E-state index contributed by atoms with van der Waals surface area (Å²) in [6.45, 7) is 3.66. The van der Waals surface area contributed by atoms with Crippen LogP contribution in [0.4, 0.5) is 0 Å². The summed E-state index contributed by atoms with van der Waals surface area (Å²) in [4.78, 5) is 12.2. The van der Waals surface area contributed by atoms with Gasteiger partial charge in [-0.1, -0.05) is 25.1 Å². The maximum Gasteiger partial charge on any atom is 0.255 e. The lowest BCUT2D eigenvalue weighted by Crippen LogP contribution is -2.37. The zero-order valence-electron chi connectivity index (χ0n) is 11.7. The molecule has 1 unspecified atom stereocenters. The van der Waals surface area contributed by atoms with Crippen molar-refractivity contribution in [1.82, 2.24) is 15.1 Å². The summed E-state index contributed by atoms with van der Waals surface area (Å²) in [5, 5.41) is 16.3. The van der Waals surface area contributed by atoms with Gasteiger partial charge in [0.05, 0.1) is 29.6 Å². The predicted octanol–water partition coefficient (Wildman–Crippen LogP) is 1.68. The Bertz CT molecular complexity index is 574. The van der Waals surface area contributed by atoms with Crippen LogP contribution in [-0.2, 0) is 0 Å². The number of nitrogens with one attached hydrogen (secondary N) is 1. The lowest BCUT2D eigenvalue weighted by atomic mass is 10.2. The number of aryl methyl sites for hydroxylation is 1. The van der Waals surface area contributed by atoms with Gasteiger partial charge < -0.3 is 10.4 Å². The zero-order valence-corrected chi connectivity index (χ0v) is 11.7. The summed E-state index contributed by atoms with van der Waals surface area (Å²) in [7, 11) is 0. The van der Waals surface area contributed by atoms with Crippen LogP contribution in [0.1, 0.15) is 29.4 Å². The quantitative estimate of drug-likeness (QED) is 0.871. The molecule has 0 bridgehead atoms. The highest BCUT2D eigenvalue weighted by Gasteiger charge is 2.16. The molecule has 2 aromatic rings. The van der Waals surface area contributed by atoms with Crippen LogP contribution in [0.2, 0.25) is 0 Å². The van der Waals surface area contributed by atoms with Crippen LogP contribution < -0.4 is 5.32 Å². The van der Waals surface area contributed by atoms with Crippen molar-refractivity contribution in [3.63, 3.8) is 0 Å². The molecule has 0 spiro atoms. The molecule has 0 aliphatic heterocycles. The first kappa shape index (κ1) is 14.3. The maximum atomic E-state index is 12.2. The van der Waals surface area contributed by atoms with Crippen LogP contribution in [0.15, 0.2) is 36.5 Å². The molecule has 5 nitrogen and oxygen atoms in total. The van der Waals surface area contributed by atoms with Gasteiger partial charge in [-0.05, 0) is 25.5 Å². The molecule has 2 N–H and O–H groups in total. The lowest BCUT2D eigenvalue weighted by molar-refractivity contribution is 0.0914. The Morgan fingerprint density at radius 2 is 2.10 bits per heavy atom. The Labute approximate surface area is 118 Å². The SMILES string of the molecule is CCC(CO)NC(=O)c1cn(-c2ccccc2)nc1C. The highest BCUT2D eigenvalue weighted by molar-refractivity contribution is 5.95. The highest BCUT2D eigenvalue weighted by atomic mass is 16.3. The number of amides is 1. The van der Waals surface area contributed by atoms with Gasteiger partial charge in [0.1, 0.15) is 0 Å². The average molecular weight is 273 g/mol. The minimum absolute atomic E-state index is 0.0614. The largest absolute Gasteiger partial charge is 0.394 e. The van der Waals surface area contributed by atoms with Crippen molar-refractivity contribution in [2.75, 3.05) is 6.61 Å². The molecule has 0 saturated carbocycles. The normalized spacial score (nSPS) is 12.2. The van der Waals surface area contributed by atoms with Crippen molar-refractivity contribution in [1.29, 1.82) is 0 Å². The third kappa shape index (κ3) is 3.05. The number of nitrogens with zero attached hydrogens (tertiary/aromatic N) is 2. The minimum Gasteiger partial charge on any atom is -0.394 e. The number of aliphatic hydroxyl groups is 1. The van der Waals surface area contributed by atoms with Crippen LogP contribution in [0.3, 0.4) is 0 Å². The minimum atomic E-state index is -0.220. The third-order valence-electron chi connectivity index (χ3n) is 3.21. The number of benzene rings is 1. The Kier molecular flexibility index (Phi) is 4.53. The molecule has 0 fully saturated rings. The predicted molar refractivity (Wildman–Crippen MR) is 76.9 cm³/mol. The molecule has 0 radical (unpaired) electrons. The Balaban J connectivity index is 2.22. The Morgan fingerprint density at radius 3 is 2.70 bits per heavy atom. The van der Waals surface area contributed by atoms with Gasteiger partial charge in [0, 0.05) is 6.20 Å². The smallest absolute Gasteiger partial charge is 0.255 e. The standard InChI is InChI=1S/C15H19N3O2/c1-3-12(10-19)16-15(20)14-9-18(17-11(14)2)13-7-5-4-6-8-13/h4-9,12,19H,3,10H2,1-2H3,(H,16,20). The van der Waals surface area contributed by atoms with E-state index >= 15 is 0 Å². The number of para-hydroxylation sites is 1. The molecule has 5 heteroatoms. The van der Waals surface area contributed by atoms with Crippen LogP contribution in [0, 0.1) is 6.92 Å². The molecule has 0 saturated heterocycles. The summed E-state index contributed by atoms with van der Waals surface area (Å²) >= 11 is 0. The first-order chi connectivity index (χ1) is 9.65. The maximum absolute atomic E-state index is 12.2. The third-order valence-corrected chi connectivity index (χ3v) is 3.21. The monoisotopic (exact) mass is 273 g/mol. The number of hydrogen-bond acceptors (Lipinski definition) is 3. The molecule has 1 aromatic heterocycles. The van der Waals surface area contributed by atoms with Gasteiger partial charge in [-0.3, -0.25) is 4.79 Å². The Morgan fingerprint density at radius 1 is 1.40 bits per heavy atom. The Hall–Kier alpha value is -2.14. The van der Waals surface area contributed by atoms with Crippen molar-refractivity contribution in [2.45, 2.75) is 26.3 Å². The van der Waals surface area contributed by atoms with Gasteiger partial charge in [0.2, 0.25) is 0 Å².